The molecule has 0 atom stereocenters. The predicted molar refractivity (Wildman–Crippen MR) is 89.7 cm³/mol. The highest BCUT2D eigenvalue weighted by Gasteiger charge is 2.09. The first kappa shape index (κ1) is 15.9. The molecule has 0 radical (unpaired) electrons. The Bertz CT molecular complexity index is 606. The van der Waals surface area contributed by atoms with Crippen LogP contribution in [0.25, 0.3) is 0 Å². The van der Waals surface area contributed by atoms with Gasteiger partial charge in [0.05, 0.1) is 6.54 Å². The SMILES string of the molecule is Cc1cc(C)cc(OCCNC(=O)N(C)c2ccccc2)c1. The van der Waals surface area contributed by atoms with Crippen LogP contribution in [-0.4, -0.2) is 26.2 Å². The zero-order valence-electron chi connectivity index (χ0n) is 13.3. The van der Waals surface area contributed by atoms with Crippen molar-refractivity contribution in [3.05, 3.63) is 59.7 Å². The molecule has 2 aromatic carbocycles. The lowest BCUT2D eigenvalue weighted by Crippen LogP contribution is -2.39. The van der Waals surface area contributed by atoms with Gasteiger partial charge in [0.15, 0.2) is 0 Å². The molecule has 0 saturated heterocycles. The first-order valence-electron chi connectivity index (χ1n) is 7.34. The fourth-order valence-corrected chi connectivity index (χ4v) is 2.23. The Morgan fingerprint density at radius 2 is 1.73 bits per heavy atom. The lowest BCUT2D eigenvalue weighted by molar-refractivity contribution is 0.243. The van der Waals surface area contributed by atoms with Gasteiger partial charge in [-0.15, -0.1) is 0 Å². The van der Waals surface area contributed by atoms with E-state index in [1.165, 1.54) is 11.1 Å². The van der Waals surface area contributed by atoms with E-state index in [0.29, 0.717) is 13.2 Å². The number of hydrogen-bond acceptors (Lipinski definition) is 2. The van der Waals surface area contributed by atoms with E-state index < -0.39 is 0 Å². The lowest BCUT2D eigenvalue weighted by atomic mass is 10.1. The smallest absolute Gasteiger partial charge is 0.321 e. The van der Waals surface area contributed by atoms with Crippen LogP contribution in [0.2, 0.25) is 0 Å². The van der Waals surface area contributed by atoms with Gasteiger partial charge in [0, 0.05) is 12.7 Å². The minimum absolute atomic E-state index is 0.143. The number of anilines is 1. The van der Waals surface area contributed by atoms with Crippen molar-refractivity contribution in [1.82, 2.24) is 5.32 Å². The summed E-state index contributed by atoms with van der Waals surface area (Å²) in [5.74, 6) is 0.836. The van der Waals surface area contributed by atoms with Crippen molar-refractivity contribution in [2.75, 3.05) is 25.1 Å². The Morgan fingerprint density at radius 1 is 1.09 bits per heavy atom. The van der Waals surface area contributed by atoms with Crippen LogP contribution in [0.15, 0.2) is 48.5 Å². The molecule has 4 nitrogen and oxygen atoms in total. The molecular formula is C18H22N2O2. The zero-order chi connectivity index (χ0) is 15.9. The summed E-state index contributed by atoms with van der Waals surface area (Å²) < 4.78 is 5.67. The summed E-state index contributed by atoms with van der Waals surface area (Å²) in [7, 11) is 1.75. The molecule has 0 saturated carbocycles. The van der Waals surface area contributed by atoms with Gasteiger partial charge in [-0.3, -0.25) is 4.90 Å². The van der Waals surface area contributed by atoms with Crippen molar-refractivity contribution in [1.29, 1.82) is 0 Å². The minimum Gasteiger partial charge on any atom is -0.492 e. The maximum atomic E-state index is 12.0. The van der Waals surface area contributed by atoms with Gasteiger partial charge in [-0.25, -0.2) is 4.79 Å². The summed E-state index contributed by atoms with van der Waals surface area (Å²) in [6, 6.07) is 15.5. The number of rotatable bonds is 5. The van der Waals surface area contributed by atoms with Crippen molar-refractivity contribution >= 4 is 11.7 Å². The third kappa shape index (κ3) is 4.52. The number of nitrogens with one attached hydrogen (secondary N) is 1. The molecular weight excluding hydrogens is 276 g/mol. The van der Waals surface area contributed by atoms with Gasteiger partial charge in [0.2, 0.25) is 0 Å². The van der Waals surface area contributed by atoms with E-state index in [9.17, 15) is 4.79 Å². The summed E-state index contributed by atoms with van der Waals surface area (Å²) in [5, 5.41) is 2.84. The quantitative estimate of drug-likeness (QED) is 0.858. The number of hydrogen-bond donors (Lipinski definition) is 1. The van der Waals surface area contributed by atoms with E-state index in [0.717, 1.165) is 11.4 Å². The van der Waals surface area contributed by atoms with Gasteiger partial charge in [-0.1, -0.05) is 24.3 Å². The molecule has 2 amide bonds. The highest BCUT2D eigenvalue weighted by molar-refractivity contribution is 5.91. The molecule has 2 rings (SSSR count). The van der Waals surface area contributed by atoms with Gasteiger partial charge in [-0.2, -0.15) is 0 Å². The average molecular weight is 298 g/mol. The normalized spacial score (nSPS) is 10.1. The van der Waals surface area contributed by atoms with E-state index in [-0.39, 0.29) is 6.03 Å². The Morgan fingerprint density at radius 3 is 2.36 bits per heavy atom. The van der Waals surface area contributed by atoms with Crippen LogP contribution in [0.5, 0.6) is 5.75 Å². The average Bonchev–Trinajstić information content (AvgIpc) is 2.50. The predicted octanol–water partition coefficient (Wildman–Crippen LogP) is 3.53. The van der Waals surface area contributed by atoms with Crippen molar-refractivity contribution in [3.8, 4) is 5.75 Å². The van der Waals surface area contributed by atoms with E-state index >= 15 is 0 Å². The van der Waals surface area contributed by atoms with Crippen LogP contribution in [0.1, 0.15) is 11.1 Å². The first-order valence-corrected chi connectivity index (χ1v) is 7.34. The number of para-hydroxylation sites is 1. The molecule has 22 heavy (non-hydrogen) atoms. The van der Waals surface area contributed by atoms with Gasteiger partial charge >= 0.3 is 6.03 Å². The second kappa shape index (κ2) is 7.50. The number of aryl methyl sites for hydroxylation is 2. The highest BCUT2D eigenvalue weighted by atomic mass is 16.5. The second-order valence-corrected chi connectivity index (χ2v) is 5.30. The highest BCUT2D eigenvalue weighted by Crippen LogP contribution is 2.16. The third-order valence-electron chi connectivity index (χ3n) is 3.29. The number of nitrogens with zero attached hydrogens (tertiary/aromatic N) is 1. The number of urea groups is 1. The Balaban J connectivity index is 1.77. The molecule has 0 heterocycles. The number of carbonyl (C=O) groups excluding carboxylic acids is 1. The van der Waals surface area contributed by atoms with E-state index in [1.54, 1.807) is 11.9 Å². The minimum atomic E-state index is -0.143. The lowest BCUT2D eigenvalue weighted by Gasteiger charge is -2.18. The van der Waals surface area contributed by atoms with Crippen molar-refractivity contribution < 1.29 is 9.53 Å². The molecule has 1 N–H and O–H groups in total. The fourth-order valence-electron chi connectivity index (χ4n) is 2.23. The van der Waals surface area contributed by atoms with Crippen LogP contribution >= 0.6 is 0 Å². The van der Waals surface area contributed by atoms with Crippen molar-refractivity contribution in [2.24, 2.45) is 0 Å². The van der Waals surface area contributed by atoms with E-state index in [1.807, 2.05) is 56.3 Å². The Kier molecular flexibility index (Phi) is 5.42. The molecule has 0 spiro atoms. The molecule has 0 fully saturated rings. The topological polar surface area (TPSA) is 41.6 Å². The Hall–Kier alpha value is -2.49. The molecule has 0 aromatic heterocycles. The van der Waals surface area contributed by atoms with Crippen LogP contribution < -0.4 is 15.0 Å². The van der Waals surface area contributed by atoms with Crippen LogP contribution in [-0.2, 0) is 0 Å². The van der Waals surface area contributed by atoms with Gasteiger partial charge < -0.3 is 10.1 Å². The second-order valence-electron chi connectivity index (χ2n) is 5.30. The maximum absolute atomic E-state index is 12.0. The molecule has 2 aromatic rings. The molecule has 0 bridgehead atoms. The molecule has 0 aliphatic rings. The number of ether oxygens (including phenoxy) is 1. The fraction of sp³-hybridized carbons (Fsp3) is 0.278. The maximum Gasteiger partial charge on any atom is 0.321 e. The summed E-state index contributed by atoms with van der Waals surface area (Å²) in [5.41, 5.74) is 3.20. The monoisotopic (exact) mass is 298 g/mol. The zero-order valence-corrected chi connectivity index (χ0v) is 13.3. The van der Waals surface area contributed by atoms with Crippen molar-refractivity contribution in [3.63, 3.8) is 0 Å². The molecule has 116 valence electrons. The largest absolute Gasteiger partial charge is 0.492 e. The number of benzene rings is 2. The number of amides is 2. The van der Waals surface area contributed by atoms with Crippen LogP contribution in [0.4, 0.5) is 10.5 Å². The standard InChI is InChI=1S/C18H22N2O2/c1-14-11-15(2)13-17(12-14)22-10-9-19-18(21)20(3)16-7-5-4-6-8-16/h4-8,11-13H,9-10H2,1-3H3,(H,19,21). The van der Waals surface area contributed by atoms with E-state index in [4.69, 9.17) is 4.74 Å². The summed E-state index contributed by atoms with van der Waals surface area (Å²) in [6.07, 6.45) is 0. The van der Waals surface area contributed by atoms with Gasteiger partial charge in [0.25, 0.3) is 0 Å². The summed E-state index contributed by atoms with van der Waals surface area (Å²) >= 11 is 0. The van der Waals surface area contributed by atoms with Crippen LogP contribution in [0, 0.1) is 13.8 Å². The summed E-state index contributed by atoms with van der Waals surface area (Å²) in [6.45, 7) is 4.98. The Labute approximate surface area is 131 Å². The molecule has 0 aliphatic heterocycles. The third-order valence-corrected chi connectivity index (χ3v) is 3.29. The molecule has 0 unspecified atom stereocenters. The summed E-state index contributed by atoms with van der Waals surface area (Å²) in [4.78, 5) is 13.6. The van der Waals surface area contributed by atoms with Gasteiger partial charge in [0.1, 0.15) is 12.4 Å². The van der Waals surface area contributed by atoms with Crippen molar-refractivity contribution in [2.45, 2.75) is 13.8 Å². The van der Waals surface area contributed by atoms with Crippen LogP contribution in [0.3, 0.4) is 0 Å². The molecule has 0 aliphatic carbocycles. The van der Waals surface area contributed by atoms with Gasteiger partial charge in [-0.05, 0) is 49.2 Å². The van der Waals surface area contributed by atoms with E-state index in [2.05, 4.69) is 11.4 Å². The number of carbonyl (C=O) groups is 1. The first-order chi connectivity index (χ1) is 10.6. The molecule has 4 heteroatoms.